The van der Waals surface area contributed by atoms with Crippen LogP contribution in [0.5, 0.6) is 5.75 Å². The summed E-state index contributed by atoms with van der Waals surface area (Å²) in [4.78, 5) is 17.7. The fourth-order valence-electron chi connectivity index (χ4n) is 7.20. The van der Waals surface area contributed by atoms with E-state index in [4.69, 9.17) is 10.5 Å². The number of nitrogens with two attached hydrogens (primary N) is 1. The number of piperidine rings is 3. The Kier molecular flexibility index (Phi) is 7.84. The van der Waals surface area contributed by atoms with Crippen LogP contribution in [-0.4, -0.2) is 55.2 Å². The predicted molar refractivity (Wildman–Crippen MR) is 158 cm³/mol. The third-order valence-electron chi connectivity index (χ3n) is 9.09. The van der Waals surface area contributed by atoms with Gasteiger partial charge in [-0.3, -0.25) is 9.69 Å². The van der Waals surface area contributed by atoms with Crippen molar-refractivity contribution in [1.29, 1.82) is 0 Å². The van der Waals surface area contributed by atoms with E-state index in [1.807, 2.05) is 14.1 Å². The van der Waals surface area contributed by atoms with Gasteiger partial charge in [-0.25, -0.2) is 0 Å². The van der Waals surface area contributed by atoms with Gasteiger partial charge in [-0.2, -0.15) is 0 Å². The quantitative estimate of drug-likeness (QED) is 0.413. The van der Waals surface area contributed by atoms with Crippen LogP contribution in [0, 0.1) is 11.8 Å². The maximum atomic E-state index is 13.7. The van der Waals surface area contributed by atoms with Crippen molar-refractivity contribution in [3.05, 3.63) is 101 Å². The number of fused-ring (bicyclic) bond motifs is 3. The zero-order valence-electron chi connectivity index (χ0n) is 24.0. The number of hydrogen-bond donors (Lipinski definition) is 1. The summed E-state index contributed by atoms with van der Waals surface area (Å²) in [5.41, 5.74) is 11.2. The molecule has 3 aliphatic rings. The summed E-state index contributed by atoms with van der Waals surface area (Å²) in [5, 5.41) is 0. The van der Waals surface area contributed by atoms with Gasteiger partial charge in [0.1, 0.15) is 5.75 Å². The number of nitrogens with zero attached hydrogens (tertiary/aromatic N) is 2. The van der Waals surface area contributed by atoms with Crippen LogP contribution in [0.15, 0.2) is 78.9 Å². The van der Waals surface area contributed by atoms with Gasteiger partial charge in [0, 0.05) is 32.6 Å². The molecule has 6 rings (SSSR count). The number of methoxy groups -OCH3 is 1. The molecule has 3 saturated heterocycles. The zero-order chi connectivity index (χ0) is 27.7. The summed E-state index contributed by atoms with van der Waals surface area (Å²) in [6, 6.07) is 28.2. The van der Waals surface area contributed by atoms with E-state index in [0.717, 1.165) is 25.1 Å². The first-order chi connectivity index (χ1) is 18.7. The highest BCUT2D eigenvalue weighted by atomic mass is 16.5. The molecule has 0 aromatic heterocycles. The van der Waals surface area contributed by atoms with Gasteiger partial charge in [0.2, 0.25) is 0 Å². The molecule has 2 N–H and O–H groups in total. The summed E-state index contributed by atoms with van der Waals surface area (Å²) in [6.45, 7) is 5.29. The van der Waals surface area contributed by atoms with Crippen LogP contribution < -0.4 is 10.5 Å². The SMILES string of the molecule is COc1ccc(C(C)C)cc1C[C@H]1[C@H]2CCN([C@@H]1C(c1ccccc1)c1ccccc1)[C@@](N)(C(=O)N(C)C)C2. The van der Waals surface area contributed by atoms with Gasteiger partial charge in [0.15, 0.2) is 5.66 Å². The van der Waals surface area contributed by atoms with Gasteiger partial charge in [0.25, 0.3) is 5.91 Å². The Morgan fingerprint density at radius 1 is 1.00 bits per heavy atom. The van der Waals surface area contributed by atoms with Crippen molar-refractivity contribution >= 4 is 5.91 Å². The third-order valence-corrected chi connectivity index (χ3v) is 9.09. The van der Waals surface area contributed by atoms with E-state index in [-0.39, 0.29) is 17.9 Å². The molecule has 0 radical (unpaired) electrons. The molecule has 206 valence electrons. The topological polar surface area (TPSA) is 58.8 Å². The van der Waals surface area contributed by atoms with Gasteiger partial charge in [-0.1, -0.05) is 86.6 Å². The molecule has 39 heavy (non-hydrogen) atoms. The molecule has 5 heteroatoms. The van der Waals surface area contributed by atoms with Gasteiger partial charge in [0.05, 0.1) is 7.11 Å². The van der Waals surface area contributed by atoms with E-state index in [1.165, 1.54) is 22.3 Å². The fourth-order valence-corrected chi connectivity index (χ4v) is 7.20. The van der Waals surface area contributed by atoms with E-state index in [2.05, 4.69) is 97.6 Å². The molecule has 3 aliphatic heterocycles. The smallest absolute Gasteiger partial charge is 0.257 e. The summed E-state index contributed by atoms with van der Waals surface area (Å²) >= 11 is 0. The maximum Gasteiger partial charge on any atom is 0.257 e. The molecule has 3 aromatic rings. The van der Waals surface area contributed by atoms with Crippen LogP contribution in [0.4, 0.5) is 0 Å². The van der Waals surface area contributed by atoms with Gasteiger partial charge in [-0.15, -0.1) is 0 Å². The van der Waals surface area contributed by atoms with Crippen molar-refractivity contribution in [2.45, 2.75) is 56.7 Å². The standard InChI is InChI=1S/C34H43N3O2/c1-23(2)26-16-17-30(39-5)28(20-26)21-29-27-18-19-37(34(35,22-27)33(38)36(3)4)32(29)31(24-12-8-6-9-13-24)25-14-10-7-11-15-25/h6-17,20,23,27,29,31-32H,18-19,21-22,35H2,1-5H3/t27-,29-,32-,34+/m0/s1. The van der Waals surface area contributed by atoms with Crippen LogP contribution >= 0.6 is 0 Å². The number of carbonyl (C=O) groups excluding carboxylic acids is 1. The Hall–Kier alpha value is -3.15. The van der Waals surface area contributed by atoms with Gasteiger partial charge in [-0.05, 0) is 65.3 Å². The largest absolute Gasteiger partial charge is 0.496 e. The summed E-state index contributed by atoms with van der Waals surface area (Å²) < 4.78 is 5.88. The molecule has 3 aromatic carbocycles. The van der Waals surface area contributed by atoms with E-state index < -0.39 is 5.66 Å². The Labute approximate surface area is 234 Å². The highest BCUT2D eigenvalue weighted by Gasteiger charge is 2.58. The van der Waals surface area contributed by atoms with Gasteiger partial charge >= 0.3 is 0 Å². The summed E-state index contributed by atoms with van der Waals surface area (Å²) in [5.74, 6) is 2.10. The molecule has 5 atom stereocenters. The van der Waals surface area contributed by atoms with Crippen LogP contribution in [0.25, 0.3) is 0 Å². The minimum Gasteiger partial charge on any atom is -0.496 e. The molecule has 0 spiro atoms. The molecule has 0 aliphatic carbocycles. The van der Waals surface area contributed by atoms with Gasteiger partial charge < -0.3 is 15.4 Å². The monoisotopic (exact) mass is 525 g/mol. The van der Waals surface area contributed by atoms with Crippen molar-refractivity contribution < 1.29 is 9.53 Å². The molecule has 1 amide bonds. The Morgan fingerprint density at radius 2 is 1.62 bits per heavy atom. The highest BCUT2D eigenvalue weighted by molar-refractivity contribution is 5.85. The molecule has 2 bridgehead atoms. The molecule has 3 fully saturated rings. The van der Waals surface area contributed by atoms with E-state index >= 15 is 0 Å². The highest BCUT2D eigenvalue weighted by Crippen LogP contribution is 2.51. The summed E-state index contributed by atoms with van der Waals surface area (Å²) in [7, 11) is 5.40. The first kappa shape index (κ1) is 27.4. The number of benzene rings is 3. The Bertz CT molecular complexity index is 1240. The predicted octanol–water partition coefficient (Wildman–Crippen LogP) is 5.65. The van der Waals surface area contributed by atoms with E-state index in [9.17, 15) is 4.79 Å². The fraction of sp³-hybridized carbons (Fsp3) is 0.441. The second-order valence-corrected chi connectivity index (χ2v) is 12.0. The number of amides is 1. The molecule has 5 nitrogen and oxygen atoms in total. The molecular weight excluding hydrogens is 482 g/mol. The van der Waals surface area contributed by atoms with E-state index in [1.54, 1.807) is 12.0 Å². The average Bonchev–Trinajstić information content (AvgIpc) is 2.95. The van der Waals surface area contributed by atoms with Crippen molar-refractivity contribution in [2.24, 2.45) is 17.6 Å². The van der Waals surface area contributed by atoms with Crippen LogP contribution in [-0.2, 0) is 11.2 Å². The van der Waals surface area contributed by atoms with Crippen molar-refractivity contribution in [2.75, 3.05) is 27.7 Å². The number of rotatable bonds is 8. The lowest BCUT2D eigenvalue weighted by molar-refractivity contribution is -0.164. The maximum absolute atomic E-state index is 13.7. The van der Waals surface area contributed by atoms with Crippen molar-refractivity contribution in [3.63, 3.8) is 0 Å². The van der Waals surface area contributed by atoms with Crippen LogP contribution in [0.3, 0.4) is 0 Å². The van der Waals surface area contributed by atoms with Crippen LogP contribution in [0.2, 0.25) is 0 Å². The summed E-state index contributed by atoms with van der Waals surface area (Å²) in [6.07, 6.45) is 2.61. The molecule has 0 saturated carbocycles. The normalized spacial score (nSPS) is 26.2. The Morgan fingerprint density at radius 3 is 2.15 bits per heavy atom. The van der Waals surface area contributed by atoms with Crippen molar-refractivity contribution in [1.82, 2.24) is 9.80 Å². The van der Waals surface area contributed by atoms with Crippen molar-refractivity contribution in [3.8, 4) is 5.75 Å². The minimum atomic E-state index is -1.01. The zero-order valence-corrected chi connectivity index (χ0v) is 24.0. The van der Waals surface area contributed by atoms with Crippen LogP contribution in [0.1, 0.15) is 60.8 Å². The molecular formula is C34H43N3O2. The second-order valence-electron chi connectivity index (χ2n) is 12.0. The number of carbonyl (C=O) groups is 1. The lowest BCUT2D eigenvalue weighted by atomic mass is 9.61. The average molecular weight is 526 g/mol. The van der Waals surface area contributed by atoms with E-state index in [0.29, 0.717) is 24.2 Å². The third kappa shape index (κ3) is 5.10. The first-order valence-electron chi connectivity index (χ1n) is 14.3. The second kappa shape index (κ2) is 11.1. The Balaban J connectivity index is 1.67. The lowest BCUT2D eigenvalue weighted by Gasteiger charge is -2.61. The molecule has 1 unspecified atom stereocenters. The number of hydrogen-bond acceptors (Lipinski definition) is 4. The minimum absolute atomic E-state index is 0.00471. The number of ether oxygens (including phenoxy) is 1. The molecule has 3 heterocycles. The number of likely N-dealkylation sites (N-methyl/N-ethyl adjacent to an activating group) is 1. The lowest BCUT2D eigenvalue weighted by Crippen LogP contribution is -2.76. The first-order valence-corrected chi connectivity index (χ1v) is 14.3.